The Bertz CT molecular complexity index is 1330. The number of imidazole rings is 1. The largest absolute Gasteiger partial charge is 0.455 e. The summed E-state index contributed by atoms with van der Waals surface area (Å²) in [6, 6.07) is -0.393. The minimum absolute atomic E-state index is 0.00930. The number of ketones is 2. The lowest BCUT2D eigenvalue weighted by molar-refractivity contribution is -0.293. The number of alkyl halides is 1. The van der Waals surface area contributed by atoms with E-state index in [1.54, 1.807) is 39.8 Å². The molecular weight excluding hydrogens is 617 g/mol. The van der Waals surface area contributed by atoms with Crippen LogP contribution < -0.4 is 0 Å². The van der Waals surface area contributed by atoms with Crippen LogP contribution in [0.5, 0.6) is 0 Å². The molecule has 0 unspecified atom stereocenters. The molecule has 2 aliphatic rings. The number of hydrogen-bond acceptors (Lipinski definition) is 12. The van der Waals surface area contributed by atoms with Crippen LogP contribution in [0.1, 0.15) is 74.7 Å². The Labute approximate surface area is 275 Å². The summed E-state index contributed by atoms with van der Waals surface area (Å²) < 4.78 is 40.8. The Morgan fingerprint density at radius 2 is 1.83 bits per heavy atom. The van der Waals surface area contributed by atoms with Gasteiger partial charge in [-0.15, -0.1) is 0 Å². The lowest BCUT2D eigenvalue weighted by Gasteiger charge is -2.45. The maximum Gasteiger partial charge on any atom is 0.420 e. The summed E-state index contributed by atoms with van der Waals surface area (Å²) >= 11 is 0. The molecule has 2 N–H and O–H groups in total. The van der Waals surface area contributed by atoms with Gasteiger partial charge < -0.3 is 34.1 Å². The zero-order chi connectivity index (χ0) is 35.6. The fraction of sp³-hybridized carbons (Fsp3) is 0.727. The Hall–Kier alpha value is -3.04. The molecule has 1 aromatic rings. The minimum atomic E-state index is -3.24. The van der Waals surface area contributed by atoms with Gasteiger partial charge in [0.15, 0.2) is 23.5 Å². The predicted octanol–water partition coefficient (Wildman–Crippen LogP) is 3.00. The van der Waals surface area contributed by atoms with Crippen LogP contribution in [0, 0.1) is 11.8 Å². The number of aromatic nitrogens is 2. The first-order chi connectivity index (χ1) is 21.7. The third kappa shape index (κ3) is 8.34. The van der Waals surface area contributed by atoms with Crippen molar-refractivity contribution in [3.63, 3.8) is 0 Å². The number of likely N-dealkylation sites (N-methyl/N-ethyl adjacent to an activating group) is 1. The number of nitrogens with zero attached hydrogens (tertiary/aromatic N) is 3. The summed E-state index contributed by atoms with van der Waals surface area (Å²) in [5, 5.41) is 23.0. The van der Waals surface area contributed by atoms with Crippen LogP contribution in [0.2, 0.25) is 0 Å². The van der Waals surface area contributed by atoms with Crippen molar-refractivity contribution in [2.45, 2.75) is 128 Å². The molecule has 0 aliphatic carbocycles. The molecule has 0 aromatic carbocycles. The SMILES string of the molecule is CC[C@H]1OC(=O)[C@@](C)(F)C(=O)[C@H](C)[C@@H](O[C@@H]2O[C@H](C)C[C@H](N(C)C)[C@H]2O)[C@](C)(O)C[C@@H](C)C(=O)/C(C)=C/[C@]1(C)OC(=O)n1ccnc1. The number of ether oxygens (including phenoxy) is 4. The predicted molar refractivity (Wildman–Crippen MR) is 167 cm³/mol. The van der Waals surface area contributed by atoms with Crippen molar-refractivity contribution < 1.29 is 52.7 Å². The van der Waals surface area contributed by atoms with Gasteiger partial charge in [0.25, 0.3) is 5.67 Å². The molecule has 1 aromatic heterocycles. The molecule has 47 heavy (non-hydrogen) atoms. The monoisotopic (exact) mass is 667 g/mol. The quantitative estimate of drug-likeness (QED) is 0.349. The Kier molecular flexibility index (Phi) is 11.9. The first-order valence-corrected chi connectivity index (χ1v) is 15.9. The Morgan fingerprint density at radius 3 is 2.38 bits per heavy atom. The van der Waals surface area contributed by atoms with Crippen molar-refractivity contribution in [1.29, 1.82) is 0 Å². The first kappa shape index (κ1) is 38.4. The molecule has 0 spiro atoms. The van der Waals surface area contributed by atoms with E-state index in [4.69, 9.17) is 18.9 Å². The maximum atomic E-state index is 16.4. The average Bonchev–Trinajstić information content (AvgIpc) is 3.53. The molecule has 13 nitrogen and oxygen atoms in total. The number of cyclic esters (lactones) is 1. The lowest BCUT2D eigenvalue weighted by atomic mass is 9.76. The molecule has 14 heteroatoms. The van der Waals surface area contributed by atoms with Crippen molar-refractivity contribution in [2.75, 3.05) is 14.1 Å². The summed E-state index contributed by atoms with van der Waals surface area (Å²) in [7, 11) is 3.56. The van der Waals surface area contributed by atoms with Crippen molar-refractivity contribution in [3.05, 3.63) is 30.4 Å². The zero-order valence-corrected chi connectivity index (χ0v) is 28.9. The lowest BCUT2D eigenvalue weighted by Crippen LogP contribution is -2.60. The number of rotatable bonds is 5. The third-order valence-electron chi connectivity index (χ3n) is 9.22. The number of halogens is 1. The molecule has 0 saturated carbocycles. The van der Waals surface area contributed by atoms with E-state index < -0.39 is 83.0 Å². The van der Waals surface area contributed by atoms with E-state index in [2.05, 4.69) is 4.98 Å². The fourth-order valence-corrected chi connectivity index (χ4v) is 6.63. The van der Waals surface area contributed by atoms with Crippen LogP contribution >= 0.6 is 0 Å². The standard InChI is InChI=1S/C33H50FN3O10/c1-11-23-32(7,47-30(42)37-13-12-35-17-37)16-19(3)24(38)18(2)15-31(6,43)27(21(5)26(40)33(8,34)29(41)45-23)46-28-25(39)22(36(9)10)14-20(4)44-28/h12-13,16-18,20-23,25,27-28,39,43H,11,14-15H2,1-10H3/b19-16+/t18-,20-,21+,22+,23-,25-,27-,28+,31-,32+,33+/m1/s1. The number of allylic oxidation sites excluding steroid dienone is 1. The number of aliphatic hydroxyl groups is 2. The van der Waals surface area contributed by atoms with E-state index in [1.807, 2.05) is 0 Å². The molecular formula is C33H50FN3O10. The molecule has 11 atom stereocenters. The van der Waals surface area contributed by atoms with Gasteiger partial charge in [0, 0.05) is 30.3 Å². The Morgan fingerprint density at radius 1 is 1.19 bits per heavy atom. The highest BCUT2D eigenvalue weighted by Crippen LogP contribution is 2.37. The highest BCUT2D eigenvalue weighted by Gasteiger charge is 2.54. The Balaban J connectivity index is 2.11. The smallest absolute Gasteiger partial charge is 0.420 e. The van der Waals surface area contributed by atoms with E-state index in [-0.39, 0.29) is 24.5 Å². The first-order valence-electron chi connectivity index (χ1n) is 15.9. The van der Waals surface area contributed by atoms with Gasteiger partial charge in [0.2, 0.25) is 0 Å². The van der Waals surface area contributed by atoms with Crippen LogP contribution in [0.4, 0.5) is 9.18 Å². The summed E-state index contributed by atoms with van der Waals surface area (Å²) in [4.78, 5) is 59.7. The maximum absolute atomic E-state index is 16.4. The van der Waals surface area contributed by atoms with Crippen molar-refractivity contribution in [1.82, 2.24) is 14.5 Å². The molecule has 3 heterocycles. The van der Waals surface area contributed by atoms with E-state index in [1.165, 1.54) is 52.5 Å². The molecule has 0 bridgehead atoms. The molecule has 264 valence electrons. The summed E-state index contributed by atoms with van der Waals surface area (Å²) in [6.45, 7) is 11.3. The molecule has 1 fully saturated rings. The van der Waals surface area contributed by atoms with Gasteiger partial charge in [-0.2, -0.15) is 0 Å². The number of carbonyl (C=O) groups excluding carboxylic acids is 4. The van der Waals surface area contributed by atoms with E-state index in [9.17, 15) is 29.4 Å². The molecule has 0 amide bonds. The van der Waals surface area contributed by atoms with Crippen molar-refractivity contribution in [3.8, 4) is 0 Å². The van der Waals surface area contributed by atoms with Gasteiger partial charge in [-0.05, 0) is 79.6 Å². The molecule has 3 rings (SSSR count). The van der Waals surface area contributed by atoms with E-state index >= 15 is 4.39 Å². The van der Waals surface area contributed by atoms with E-state index in [0.717, 1.165) is 11.5 Å². The number of esters is 1. The normalized spacial score (nSPS) is 40.7. The van der Waals surface area contributed by atoms with Crippen LogP contribution in [0.15, 0.2) is 30.4 Å². The minimum Gasteiger partial charge on any atom is -0.455 e. The number of Topliss-reactive ketones (excluding diaryl/α,β-unsaturated/α-hetero) is 2. The van der Waals surface area contributed by atoms with E-state index in [0.29, 0.717) is 6.42 Å². The highest BCUT2D eigenvalue weighted by atomic mass is 19.1. The van der Waals surface area contributed by atoms with Gasteiger partial charge in [-0.25, -0.2) is 23.5 Å². The molecule has 0 radical (unpaired) electrons. The summed E-state index contributed by atoms with van der Waals surface area (Å²) in [6.07, 6.45) is -1.22. The topological polar surface area (TPSA) is 167 Å². The summed E-state index contributed by atoms with van der Waals surface area (Å²) in [5.74, 6) is -5.62. The summed E-state index contributed by atoms with van der Waals surface area (Å²) in [5.41, 5.74) is -6.88. The van der Waals surface area contributed by atoms with Crippen LogP contribution in [0.25, 0.3) is 0 Å². The van der Waals surface area contributed by atoms with Crippen molar-refractivity contribution in [2.24, 2.45) is 11.8 Å². The average molecular weight is 668 g/mol. The second-order valence-corrected chi connectivity index (χ2v) is 13.8. The van der Waals surface area contributed by atoms with Gasteiger partial charge in [0.05, 0.1) is 17.8 Å². The molecule has 2 aliphatic heterocycles. The second-order valence-electron chi connectivity index (χ2n) is 13.8. The zero-order valence-electron chi connectivity index (χ0n) is 28.9. The third-order valence-corrected chi connectivity index (χ3v) is 9.22. The van der Waals surface area contributed by atoms with Crippen LogP contribution in [-0.2, 0) is 33.3 Å². The number of hydrogen-bond donors (Lipinski definition) is 2. The second kappa shape index (κ2) is 14.6. The molecule has 1 saturated heterocycles. The van der Waals surface area contributed by atoms with Gasteiger partial charge in [-0.1, -0.05) is 20.8 Å². The number of aliphatic hydroxyl groups excluding tert-OH is 1. The number of carbonyl (C=O) groups is 4. The van der Waals surface area contributed by atoms with Gasteiger partial charge >= 0.3 is 12.1 Å². The van der Waals surface area contributed by atoms with Crippen LogP contribution in [-0.4, -0.2) is 116 Å². The fourth-order valence-electron chi connectivity index (χ4n) is 6.63. The van der Waals surface area contributed by atoms with Gasteiger partial charge in [0.1, 0.15) is 18.5 Å². The van der Waals surface area contributed by atoms with Crippen LogP contribution in [0.3, 0.4) is 0 Å². The van der Waals surface area contributed by atoms with Crippen molar-refractivity contribution >= 4 is 23.6 Å². The van der Waals surface area contributed by atoms with Gasteiger partial charge in [-0.3, -0.25) is 9.59 Å². The highest BCUT2D eigenvalue weighted by molar-refractivity contribution is 6.08.